The van der Waals surface area contributed by atoms with Crippen LogP contribution < -0.4 is 0 Å². The van der Waals surface area contributed by atoms with Crippen molar-refractivity contribution in [2.24, 2.45) is 0 Å². The third-order valence-corrected chi connectivity index (χ3v) is 5.24. The zero-order chi connectivity index (χ0) is 19.3. The summed E-state index contributed by atoms with van der Waals surface area (Å²) in [4.78, 5) is 32.5. The molecule has 1 fully saturated rings. The van der Waals surface area contributed by atoms with Gasteiger partial charge in [0.05, 0.1) is 23.4 Å². The fourth-order valence-corrected chi connectivity index (χ4v) is 3.60. The average molecular weight is 362 g/mol. The summed E-state index contributed by atoms with van der Waals surface area (Å²) < 4.78 is 2.04. The molecular formula is C21H22N4O2. The fourth-order valence-electron chi connectivity index (χ4n) is 3.60. The number of hydrogen-bond acceptors (Lipinski definition) is 3. The molecule has 0 N–H and O–H groups in total. The van der Waals surface area contributed by atoms with Gasteiger partial charge >= 0.3 is 0 Å². The van der Waals surface area contributed by atoms with E-state index in [1.54, 1.807) is 36.2 Å². The Morgan fingerprint density at radius 2 is 1.93 bits per heavy atom. The van der Waals surface area contributed by atoms with Crippen molar-refractivity contribution < 1.29 is 9.59 Å². The summed E-state index contributed by atoms with van der Waals surface area (Å²) in [6.45, 7) is 6.21. The van der Waals surface area contributed by atoms with Crippen molar-refractivity contribution >= 4 is 22.8 Å². The molecular weight excluding hydrogens is 340 g/mol. The first kappa shape index (κ1) is 17.3. The average Bonchev–Trinajstić information content (AvgIpc) is 3.19. The van der Waals surface area contributed by atoms with Gasteiger partial charge in [-0.1, -0.05) is 12.1 Å². The highest BCUT2D eigenvalue weighted by Crippen LogP contribution is 2.24. The molecule has 27 heavy (non-hydrogen) atoms. The van der Waals surface area contributed by atoms with Gasteiger partial charge in [0, 0.05) is 12.6 Å². The minimum absolute atomic E-state index is 0.0383. The summed E-state index contributed by atoms with van der Waals surface area (Å²) in [5, 5.41) is 0. The van der Waals surface area contributed by atoms with E-state index in [-0.39, 0.29) is 11.8 Å². The molecule has 0 saturated carbocycles. The molecule has 1 unspecified atom stereocenters. The van der Waals surface area contributed by atoms with E-state index in [4.69, 9.17) is 0 Å². The van der Waals surface area contributed by atoms with Crippen LogP contribution >= 0.6 is 0 Å². The van der Waals surface area contributed by atoms with E-state index in [0.717, 1.165) is 22.3 Å². The highest BCUT2D eigenvalue weighted by atomic mass is 16.2. The third kappa shape index (κ3) is 2.77. The van der Waals surface area contributed by atoms with Gasteiger partial charge in [-0.05, 0) is 56.2 Å². The van der Waals surface area contributed by atoms with Crippen molar-refractivity contribution in [3.05, 3.63) is 59.4 Å². The molecule has 1 aliphatic rings. The van der Waals surface area contributed by atoms with Crippen molar-refractivity contribution in [3.8, 4) is 5.69 Å². The zero-order valence-corrected chi connectivity index (χ0v) is 15.9. The van der Waals surface area contributed by atoms with E-state index in [2.05, 4.69) is 37.0 Å². The maximum Gasteiger partial charge on any atom is 0.256 e. The number of aryl methyl sites for hydroxylation is 2. The summed E-state index contributed by atoms with van der Waals surface area (Å²) in [6, 6.07) is 11.4. The van der Waals surface area contributed by atoms with Crippen molar-refractivity contribution in [1.82, 2.24) is 19.4 Å². The Morgan fingerprint density at radius 1 is 1.15 bits per heavy atom. The first-order chi connectivity index (χ1) is 12.9. The van der Waals surface area contributed by atoms with Crippen molar-refractivity contribution in [3.63, 3.8) is 0 Å². The van der Waals surface area contributed by atoms with Crippen LogP contribution in [0.2, 0.25) is 0 Å². The molecule has 1 saturated heterocycles. The van der Waals surface area contributed by atoms with Crippen LogP contribution in [-0.2, 0) is 4.79 Å². The highest BCUT2D eigenvalue weighted by Gasteiger charge is 2.36. The Hall–Kier alpha value is -3.15. The molecule has 2 amide bonds. The van der Waals surface area contributed by atoms with Crippen LogP contribution in [0.1, 0.15) is 28.4 Å². The van der Waals surface area contributed by atoms with Crippen molar-refractivity contribution in [2.75, 3.05) is 13.7 Å². The van der Waals surface area contributed by atoms with Gasteiger partial charge in [0.15, 0.2) is 0 Å². The summed E-state index contributed by atoms with van der Waals surface area (Å²) in [7, 11) is 1.71. The molecule has 1 aliphatic heterocycles. The molecule has 1 aromatic heterocycles. The number of nitrogens with zero attached hydrogens (tertiary/aromatic N) is 4. The lowest BCUT2D eigenvalue weighted by Gasteiger charge is -2.19. The Kier molecular flexibility index (Phi) is 3.98. The first-order valence-corrected chi connectivity index (χ1v) is 8.97. The van der Waals surface area contributed by atoms with E-state index in [9.17, 15) is 9.59 Å². The lowest BCUT2D eigenvalue weighted by molar-refractivity contribution is -0.127. The van der Waals surface area contributed by atoms with Crippen LogP contribution in [0.4, 0.5) is 0 Å². The Balaban J connectivity index is 1.72. The second-order valence-corrected chi connectivity index (χ2v) is 7.24. The van der Waals surface area contributed by atoms with Gasteiger partial charge in [-0.2, -0.15) is 0 Å². The van der Waals surface area contributed by atoms with Crippen LogP contribution in [0.25, 0.3) is 16.7 Å². The highest BCUT2D eigenvalue weighted by molar-refractivity contribution is 6.01. The van der Waals surface area contributed by atoms with Crippen LogP contribution in [0.15, 0.2) is 42.7 Å². The summed E-state index contributed by atoms with van der Waals surface area (Å²) >= 11 is 0. The number of rotatable bonds is 2. The van der Waals surface area contributed by atoms with Gasteiger partial charge in [0.25, 0.3) is 5.91 Å². The molecule has 0 aliphatic carbocycles. The number of imidazole rings is 1. The number of amides is 2. The summed E-state index contributed by atoms with van der Waals surface area (Å²) in [6.07, 6.45) is 1.79. The van der Waals surface area contributed by atoms with E-state index in [1.807, 2.05) is 16.7 Å². The predicted molar refractivity (Wildman–Crippen MR) is 104 cm³/mol. The van der Waals surface area contributed by atoms with Crippen LogP contribution in [0, 0.1) is 13.8 Å². The molecule has 6 heteroatoms. The molecule has 0 spiro atoms. The van der Waals surface area contributed by atoms with Crippen LogP contribution in [0.5, 0.6) is 0 Å². The maximum atomic E-state index is 12.9. The van der Waals surface area contributed by atoms with Crippen LogP contribution in [0.3, 0.4) is 0 Å². The van der Waals surface area contributed by atoms with Gasteiger partial charge in [0.2, 0.25) is 5.91 Å². The second kappa shape index (κ2) is 6.23. The number of fused-ring (bicyclic) bond motifs is 1. The Bertz CT molecular complexity index is 1070. The van der Waals surface area contributed by atoms with Crippen LogP contribution in [-0.4, -0.2) is 50.9 Å². The largest absolute Gasteiger partial charge is 0.326 e. The lowest BCUT2D eigenvalue weighted by atomic mass is 10.1. The molecule has 2 aromatic carbocycles. The second-order valence-electron chi connectivity index (χ2n) is 7.24. The standard InChI is InChI=1S/C21H22N4O2/c1-13-5-6-14(2)19(9-13)24-11-22-17-10-16(7-8-18(17)24)21(27)25-12-23(4)20(26)15(25)3/h5-11,15H,12H2,1-4H3. The zero-order valence-electron chi connectivity index (χ0n) is 15.9. The molecule has 0 bridgehead atoms. The van der Waals surface area contributed by atoms with Gasteiger partial charge < -0.3 is 9.80 Å². The SMILES string of the molecule is Cc1ccc(C)c(-n2cnc3cc(C(=O)N4CN(C)C(=O)C4C)ccc32)c1. The summed E-state index contributed by atoms with van der Waals surface area (Å²) in [5.74, 6) is -0.188. The summed E-state index contributed by atoms with van der Waals surface area (Å²) in [5.41, 5.74) is 5.67. The lowest BCUT2D eigenvalue weighted by Crippen LogP contribution is -2.35. The number of carbonyl (C=O) groups is 2. The molecule has 3 aromatic rings. The predicted octanol–water partition coefficient (Wildman–Crippen LogP) is 2.90. The molecule has 6 nitrogen and oxygen atoms in total. The molecule has 2 heterocycles. The monoisotopic (exact) mass is 362 g/mol. The van der Waals surface area contributed by atoms with E-state index in [0.29, 0.717) is 12.2 Å². The minimum Gasteiger partial charge on any atom is -0.326 e. The van der Waals surface area contributed by atoms with Crippen molar-refractivity contribution in [2.45, 2.75) is 26.8 Å². The molecule has 1 atom stereocenters. The molecule has 0 radical (unpaired) electrons. The number of aromatic nitrogens is 2. The van der Waals surface area contributed by atoms with Crippen molar-refractivity contribution in [1.29, 1.82) is 0 Å². The van der Waals surface area contributed by atoms with E-state index < -0.39 is 6.04 Å². The topological polar surface area (TPSA) is 58.4 Å². The van der Waals surface area contributed by atoms with E-state index in [1.165, 1.54) is 5.56 Å². The maximum absolute atomic E-state index is 12.9. The number of benzene rings is 2. The van der Waals surface area contributed by atoms with Gasteiger partial charge in [-0.15, -0.1) is 0 Å². The smallest absolute Gasteiger partial charge is 0.256 e. The Labute approximate surface area is 158 Å². The Morgan fingerprint density at radius 3 is 2.63 bits per heavy atom. The fraction of sp³-hybridized carbons (Fsp3) is 0.286. The molecule has 4 rings (SSSR count). The minimum atomic E-state index is -0.439. The third-order valence-electron chi connectivity index (χ3n) is 5.24. The quantitative estimate of drug-likeness (QED) is 0.704. The van der Waals surface area contributed by atoms with Gasteiger partial charge in [0.1, 0.15) is 12.4 Å². The number of hydrogen-bond donors (Lipinski definition) is 0. The number of carbonyl (C=O) groups excluding carboxylic acids is 2. The normalized spacial score (nSPS) is 17.2. The molecule has 138 valence electrons. The first-order valence-electron chi connectivity index (χ1n) is 8.97. The van der Waals surface area contributed by atoms with Gasteiger partial charge in [-0.3, -0.25) is 14.2 Å². The van der Waals surface area contributed by atoms with Gasteiger partial charge in [-0.25, -0.2) is 4.98 Å². The number of likely N-dealkylation sites (N-methyl/N-ethyl adjacent to an activating group) is 1. The van der Waals surface area contributed by atoms with E-state index >= 15 is 0 Å².